The van der Waals surface area contributed by atoms with Crippen molar-refractivity contribution in [3.05, 3.63) is 29.8 Å². The van der Waals surface area contributed by atoms with Crippen molar-refractivity contribution in [3.8, 4) is 0 Å². The third-order valence-electron chi connectivity index (χ3n) is 4.70. The standard InChI is InChI=1S/C18H25F2N5O.HI/c1-21-18(23-7-6-22-17(26)13-2-3-13)25-10-8-24(9-11-25)16-12-14(19)4-5-15(16)20;/h4-5,12-13H,2-3,6-11H2,1H3,(H,21,23)(H,22,26);1H. The Hall–Kier alpha value is -1.65. The fourth-order valence-corrected chi connectivity index (χ4v) is 3.07. The van der Waals surface area contributed by atoms with Crippen LogP contribution in [0.4, 0.5) is 14.5 Å². The summed E-state index contributed by atoms with van der Waals surface area (Å²) in [5.41, 5.74) is 0.301. The highest BCUT2D eigenvalue weighted by atomic mass is 127. The van der Waals surface area contributed by atoms with E-state index in [0.717, 1.165) is 30.9 Å². The second kappa shape index (κ2) is 10.0. The molecule has 2 aliphatic rings. The Morgan fingerprint density at radius 3 is 2.44 bits per heavy atom. The predicted molar refractivity (Wildman–Crippen MR) is 113 cm³/mol. The van der Waals surface area contributed by atoms with Crippen LogP contribution >= 0.6 is 24.0 Å². The molecule has 150 valence electrons. The van der Waals surface area contributed by atoms with Crippen molar-refractivity contribution in [2.75, 3.05) is 51.2 Å². The third-order valence-corrected chi connectivity index (χ3v) is 4.70. The van der Waals surface area contributed by atoms with Crippen LogP contribution in [0.15, 0.2) is 23.2 Å². The summed E-state index contributed by atoms with van der Waals surface area (Å²) in [4.78, 5) is 19.8. The average molecular weight is 493 g/mol. The van der Waals surface area contributed by atoms with Crippen LogP contribution in [0.2, 0.25) is 0 Å². The van der Waals surface area contributed by atoms with E-state index in [1.54, 1.807) is 7.05 Å². The van der Waals surface area contributed by atoms with Crippen molar-refractivity contribution < 1.29 is 13.6 Å². The lowest BCUT2D eigenvalue weighted by molar-refractivity contribution is -0.122. The number of benzene rings is 1. The molecule has 1 saturated heterocycles. The molecule has 2 N–H and O–H groups in total. The molecule has 0 atom stereocenters. The zero-order chi connectivity index (χ0) is 18.5. The van der Waals surface area contributed by atoms with Crippen LogP contribution in [0.3, 0.4) is 0 Å². The topological polar surface area (TPSA) is 60.0 Å². The monoisotopic (exact) mass is 493 g/mol. The molecule has 0 aromatic heterocycles. The molecular formula is C18H26F2IN5O. The first-order valence-corrected chi connectivity index (χ1v) is 9.02. The van der Waals surface area contributed by atoms with Gasteiger partial charge in [0.25, 0.3) is 0 Å². The Bertz CT molecular complexity index is 676. The third kappa shape index (κ3) is 5.91. The van der Waals surface area contributed by atoms with Gasteiger partial charge in [-0.1, -0.05) is 0 Å². The first kappa shape index (κ1) is 21.6. The number of hydrogen-bond donors (Lipinski definition) is 2. The molecule has 27 heavy (non-hydrogen) atoms. The summed E-state index contributed by atoms with van der Waals surface area (Å²) >= 11 is 0. The summed E-state index contributed by atoms with van der Waals surface area (Å²) in [6.45, 7) is 3.64. The summed E-state index contributed by atoms with van der Waals surface area (Å²) in [7, 11) is 1.71. The largest absolute Gasteiger partial charge is 0.366 e. The van der Waals surface area contributed by atoms with E-state index in [-0.39, 0.29) is 35.8 Å². The summed E-state index contributed by atoms with van der Waals surface area (Å²) in [6.07, 6.45) is 1.99. The fraction of sp³-hybridized carbons (Fsp3) is 0.556. The van der Waals surface area contributed by atoms with E-state index in [1.807, 2.05) is 4.90 Å². The van der Waals surface area contributed by atoms with Crippen LogP contribution in [-0.2, 0) is 4.79 Å². The van der Waals surface area contributed by atoms with Crippen LogP contribution in [0, 0.1) is 17.6 Å². The van der Waals surface area contributed by atoms with E-state index >= 15 is 0 Å². The molecule has 1 aliphatic heterocycles. The van der Waals surface area contributed by atoms with Crippen LogP contribution in [0.1, 0.15) is 12.8 Å². The van der Waals surface area contributed by atoms with Crippen LogP contribution in [0.25, 0.3) is 0 Å². The van der Waals surface area contributed by atoms with Gasteiger partial charge >= 0.3 is 0 Å². The Labute approximate surface area is 175 Å². The lowest BCUT2D eigenvalue weighted by atomic mass is 10.2. The van der Waals surface area contributed by atoms with Crippen LogP contribution < -0.4 is 15.5 Å². The minimum atomic E-state index is -0.436. The summed E-state index contributed by atoms with van der Waals surface area (Å²) in [5.74, 6) is 0.256. The minimum Gasteiger partial charge on any atom is -0.366 e. The van der Waals surface area contributed by atoms with Gasteiger partial charge in [-0.05, 0) is 25.0 Å². The van der Waals surface area contributed by atoms with Crippen LogP contribution in [-0.4, -0.2) is 63.1 Å². The lowest BCUT2D eigenvalue weighted by Crippen LogP contribution is -2.53. The normalized spacial score (nSPS) is 17.4. The number of carbonyl (C=O) groups excluding carboxylic acids is 1. The van der Waals surface area contributed by atoms with E-state index in [9.17, 15) is 13.6 Å². The number of hydrogen-bond acceptors (Lipinski definition) is 3. The summed E-state index contributed by atoms with van der Waals surface area (Å²) < 4.78 is 27.3. The highest BCUT2D eigenvalue weighted by Gasteiger charge is 2.29. The molecule has 0 radical (unpaired) electrons. The van der Waals surface area contributed by atoms with Gasteiger partial charge in [-0.25, -0.2) is 8.78 Å². The molecule has 0 bridgehead atoms. The smallest absolute Gasteiger partial charge is 0.223 e. The van der Waals surface area contributed by atoms with E-state index in [4.69, 9.17) is 0 Å². The molecule has 3 rings (SSSR count). The molecule has 1 aromatic rings. The number of piperazine rings is 1. The van der Waals surface area contributed by atoms with Gasteiger partial charge in [0.05, 0.1) is 5.69 Å². The fourth-order valence-electron chi connectivity index (χ4n) is 3.07. The maximum absolute atomic E-state index is 13.9. The maximum atomic E-state index is 13.9. The van der Waals surface area contributed by atoms with Gasteiger partial charge in [0.1, 0.15) is 11.6 Å². The number of nitrogens with one attached hydrogen (secondary N) is 2. The molecular weight excluding hydrogens is 467 g/mol. The van der Waals surface area contributed by atoms with Crippen molar-refractivity contribution >= 4 is 41.5 Å². The summed E-state index contributed by atoms with van der Waals surface area (Å²) in [6, 6.07) is 3.52. The molecule has 0 unspecified atom stereocenters. The van der Waals surface area contributed by atoms with Crippen molar-refractivity contribution in [2.24, 2.45) is 10.9 Å². The molecule has 1 aliphatic carbocycles. The molecule has 1 aromatic carbocycles. The molecule has 1 saturated carbocycles. The van der Waals surface area contributed by atoms with Gasteiger partial charge < -0.3 is 20.4 Å². The number of carbonyl (C=O) groups is 1. The number of nitrogens with zero attached hydrogens (tertiary/aromatic N) is 3. The average Bonchev–Trinajstić information content (AvgIpc) is 3.49. The zero-order valence-electron chi connectivity index (χ0n) is 15.4. The molecule has 2 fully saturated rings. The van der Waals surface area contributed by atoms with Gasteiger partial charge in [0, 0.05) is 58.3 Å². The molecule has 1 amide bonds. The van der Waals surface area contributed by atoms with E-state index in [2.05, 4.69) is 20.5 Å². The maximum Gasteiger partial charge on any atom is 0.223 e. The lowest BCUT2D eigenvalue weighted by Gasteiger charge is -2.37. The van der Waals surface area contributed by atoms with Gasteiger partial charge in [-0.15, -0.1) is 24.0 Å². The number of aliphatic imine (C=N–C) groups is 1. The highest BCUT2D eigenvalue weighted by Crippen LogP contribution is 2.28. The van der Waals surface area contributed by atoms with E-state index < -0.39 is 11.6 Å². The first-order valence-electron chi connectivity index (χ1n) is 9.02. The van der Waals surface area contributed by atoms with Crippen molar-refractivity contribution in [3.63, 3.8) is 0 Å². The minimum absolute atomic E-state index is 0. The zero-order valence-corrected chi connectivity index (χ0v) is 17.7. The van der Waals surface area contributed by atoms with Crippen LogP contribution in [0.5, 0.6) is 0 Å². The number of halogens is 3. The SMILES string of the molecule is CN=C(NCCNC(=O)C1CC1)N1CCN(c2cc(F)ccc2F)CC1.I. The van der Waals surface area contributed by atoms with Gasteiger partial charge in [0.2, 0.25) is 5.91 Å². The molecule has 1 heterocycles. The Kier molecular flexibility index (Phi) is 8.06. The number of rotatable bonds is 5. The van der Waals surface area contributed by atoms with Gasteiger partial charge in [-0.2, -0.15) is 0 Å². The molecule has 9 heteroatoms. The predicted octanol–water partition coefficient (Wildman–Crippen LogP) is 1.81. The number of guanidine groups is 1. The van der Waals surface area contributed by atoms with E-state index in [1.165, 1.54) is 6.07 Å². The second-order valence-electron chi connectivity index (χ2n) is 6.61. The molecule has 6 nitrogen and oxygen atoms in total. The Morgan fingerprint density at radius 1 is 1.15 bits per heavy atom. The number of anilines is 1. The Balaban J connectivity index is 0.00000261. The van der Waals surface area contributed by atoms with Crippen molar-refractivity contribution in [1.29, 1.82) is 0 Å². The van der Waals surface area contributed by atoms with Gasteiger partial charge in [0.15, 0.2) is 5.96 Å². The number of amides is 1. The van der Waals surface area contributed by atoms with Crippen molar-refractivity contribution in [2.45, 2.75) is 12.8 Å². The highest BCUT2D eigenvalue weighted by molar-refractivity contribution is 14.0. The summed E-state index contributed by atoms with van der Waals surface area (Å²) in [5, 5.41) is 6.14. The Morgan fingerprint density at radius 2 is 1.81 bits per heavy atom. The second-order valence-corrected chi connectivity index (χ2v) is 6.61. The molecule has 0 spiro atoms. The first-order chi connectivity index (χ1) is 12.6. The van der Waals surface area contributed by atoms with E-state index in [0.29, 0.717) is 45.0 Å². The van der Waals surface area contributed by atoms with Gasteiger partial charge in [-0.3, -0.25) is 9.79 Å². The van der Waals surface area contributed by atoms with Crippen molar-refractivity contribution in [1.82, 2.24) is 15.5 Å². The quantitative estimate of drug-likeness (QED) is 0.285.